The molecule has 3 atom stereocenters. The molecule has 92 valence electrons. The van der Waals surface area contributed by atoms with Gasteiger partial charge >= 0.3 is 5.97 Å². The summed E-state index contributed by atoms with van der Waals surface area (Å²) < 4.78 is 16.0. The van der Waals surface area contributed by atoms with Gasteiger partial charge in [-0.2, -0.15) is 0 Å². The Hall–Kier alpha value is -0.650. The highest BCUT2D eigenvalue weighted by atomic mass is 16.8. The molecule has 1 aliphatic carbocycles. The molecule has 16 heavy (non-hydrogen) atoms. The second-order valence-corrected chi connectivity index (χ2v) is 5.25. The van der Waals surface area contributed by atoms with Gasteiger partial charge in [0, 0.05) is 19.4 Å². The molecule has 0 radical (unpaired) electrons. The van der Waals surface area contributed by atoms with E-state index >= 15 is 0 Å². The highest BCUT2D eigenvalue weighted by molar-refractivity contribution is 5.74. The van der Waals surface area contributed by atoms with Crippen molar-refractivity contribution in [2.75, 3.05) is 6.61 Å². The molecule has 1 N–H and O–H groups in total. The van der Waals surface area contributed by atoms with Crippen LogP contribution in [0.2, 0.25) is 0 Å². The average molecular weight is 230 g/mol. The van der Waals surface area contributed by atoms with Crippen molar-refractivity contribution in [2.45, 2.75) is 57.2 Å². The first-order valence-corrected chi connectivity index (χ1v) is 5.53. The SMILES string of the molecule is CC(C)(CCO)OC(=O)C1OC2CC2(C)O1. The normalized spacial score (nSPS) is 37.0. The zero-order chi connectivity index (χ0) is 12.0. The Morgan fingerprint density at radius 1 is 1.62 bits per heavy atom. The summed E-state index contributed by atoms with van der Waals surface area (Å²) in [4.78, 5) is 11.7. The molecule has 0 aromatic rings. The molecule has 0 aromatic carbocycles. The second-order valence-electron chi connectivity index (χ2n) is 5.25. The maximum atomic E-state index is 11.7. The minimum absolute atomic E-state index is 0.0208. The Bertz CT molecular complexity index is 301. The summed E-state index contributed by atoms with van der Waals surface area (Å²) in [6, 6.07) is 0. The first kappa shape index (κ1) is 11.8. The van der Waals surface area contributed by atoms with E-state index in [-0.39, 0.29) is 18.3 Å². The van der Waals surface area contributed by atoms with Crippen molar-refractivity contribution in [1.82, 2.24) is 0 Å². The number of esters is 1. The van der Waals surface area contributed by atoms with Gasteiger partial charge in [-0.15, -0.1) is 0 Å². The number of carbonyl (C=O) groups is 1. The molecule has 5 heteroatoms. The highest BCUT2D eigenvalue weighted by Gasteiger charge is 2.62. The summed E-state index contributed by atoms with van der Waals surface area (Å²) >= 11 is 0. The summed E-state index contributed by atoms with van der Waals surface area (Å²) in [5.41, 5.74) is -0.975. The third-order valence-electron chi connectivity index (χ3n) is 3.06. The van der Waals surface area contributed by atoms with Gasteiger partial charge in [0.2, 0.25) is 0 Å². The molecule has 5 nitrogen and oxygen atoms in total. The van der Waals surface area contributed by atoms with Crippen molar-refractivity contribution in [1.29, 1.82) is 0 Å². The fourth-order valence-corrected chi connectivity index (χ4v) is 1.79. The topological polar surface area (TPSA) is 65.0 Å². The third-order valence-corrected chi connectivity index (χ3v) is 3.06. The third kappa shape index (κ3) is 2.21. The fourth-order valence-electron chi connectivity index (χ4n) is 1.79. The van der Waals surface area contributed by atoms with Gasteiger partial charge in [-0.25, -0.2) is 4.79 Å². The average Bonchev–Trinajstić information content (AvgIpc) is 2.63. The van der Waals surface area contributed by atoms with Gasteiger partial charge in [0.05, 0.1) is 11.7 Å². The zero-order valence-corrected chi connectivity index (χ0v) is 9.86. The number of hydrogen-bond donors (Lipinski definition) is 1. The largest absolute Gasteiger partial charge is 0.456 e. The van der Waals surface area contributed by atoms with Crippen LogP contribution in [-0.2, 0) is 19.0 Å². The molecule has 1 saturated carbocycles. The number of hydrogen-bond acceptors (Lipinski definition) is 5. The van der Waals surface area contributed by atoms with E-state index in [1.807, 2.05) is 6.92 Å². The van der Waals surface area contributed by atoms with Crippen LogP contribution in [0, 0.1) is 0 Å². The Morgan fingerprint density at radius 2 is 2.31 bits per heavy atom. The highest BCUT2D eigenvalue weighted by Crippen LogP contribution is 2.49. The van der Waals surface area contributed by atoms with Crippen molar-refractivity contribution in [3.8, 4) is 0 Å². The van der Waals surface area contributed by atoms with Gasteiger partial charge in [-0.1, -0.05) is 0 Å². The van der Waals surface area contributed by atoms with Crippen molar-refractivity contribution in [3.63, 3.8) is 0 Å². The zero-order valence-electron chi connectivity index (χ0n) is 9.86. The molecule has 2 fully saturated rings. The minimum atomic E-state index is -0.901. The quantitative estimate of drug-likeness (QED) is 0.716. The monoisotopic (exact) mass is 230 g/mol. The summed E-state index contributed by atoms with van der Waals surface area (Å²) in [7, 11) is 0. The van der Waals surface area contributed by atoms with Crippen LogP contribution >= 0.6 is 0 Å². The lowest BCUT2D eigenvalue weighted by Gasteiger charge is -2.26. The maximum Gasteiger partial charge on any atom is 0.364 e. The molecular formula is C11H18O5. The molecule has 3 unspecified atom stereocenters. The van der Waals surface area contributed by atoms with Crippen LogP contribution < -0.4 is 0 Å². The van der Waals surface area contributed by atoms with Crippen molar-refractivity contribution in [3.05, 3.63) is 0 Å². The molecule has 2 rings (SSSR count). The van der Waals surface area contributed by atoms with Crippen LogP contribution in [0.25, 0.3) is 0 Å². The predicted molar refractivity (Wildman–Crippen MR) is 54.6 cm³/mol. The summed E-state index contributed by atoms with van der Waals surface area (Å²) in [5, 5.41) is 8.82. The smallest absolute Gasteiger partial charge is 0.364 e. The number of aliphatic hydroxyl groups is 1. The Balaban J connectivity index is 1.85. The maximum absolute atomic E-state index is 11.7. The van der Waals surface area contributed by atoms with Crippen molar-refractivity contribution in [2.24, 2.45) is 0 Å². The standard InChI is InChI=1S/C11H18O5/c1-10(2,4-5-12)15-8(13)9-14-7-6-11(7,3)16-9/h7,9,12H,4-6H2,1-3H3. The molecule has 1 heterocycles. The van der Waals surface area contributed by atoms with Gasteiger partial charge < -0.3 is 19.3 Å². The van der Waals surface area contributed by atoms with Crippen molar-refractivity contribution >= 4 is 5.97 Å². The minimum Gasteiger partial charge on any atom is -0.456 e. The number of rotatable bonds is 4. The Labute approximate surface area is 94.7 Å². The fraction of sp³-hybridized carbons (Fsp3) is 0.909. The number of aliphatic hydroxyl groups excluding tert-OH is 1. The summed E-state index contributed by atoms with van der Waals surface area (Å²) in [6.45, 7) is 5.40. The summed E-state index contributed by atoms with van der Waals surface area (Å²) in [6.07, 6.45) is 0.371. The van der Waals surface area contributed by atoms with E-state index in [9.17, 15) is 4.79 Å². The Kier molecular flexibility index (Phi) is 2.72. The van der Waals surface area contributed by atoms with E-state index in [1.54, 1.807) is 13.8 Å². The van der Waals surface area contributed by atoms with E-state index < -0.39 is 17.9 Å². The first-order chi connectivity index (χ1) is 7.36. The number of ether oxygens (including phenoxy) is 3. The van der Waals surface area contributed by atoms with Crippen LogP contribution in [0.4, 0.5) is 0 Å². The molecule has 0 amide bonds. The van der Waals surface area contributed by atoms with E-state index in [4.69, 9.17) is 19.3 Å². The molecule has 0 aromatic heterocycles. The lowest BCUT2D eigenvalue weighted by atomic mass is 10.1. The van der Waals surface area contributed by atoms with Gasteiger partial charge in [-0.05, 0) is 20.8 Å². The van der Waals surface area contributed by atoms with Crippen LogP contribution in [0.15, 0.2) is 0 Å². The van der Waals surface area contributed by atoms with E-state index in [1.165, 1.54) is 0 Å². The van der Waals surface area contributed by atoms with Gasteiger partial charge in [-0.3, -0.25) is 0 Å². The molecule has 0 bridgehead atoms. The van der Waals surface area contributed by atoms with Crippen LogP contribution in [0.3, 0.4) is 0 Å². The molecule has 1 aliphatic heterocycles. The van der Waals surface area contributed by atoms with E-state index in [0.29, 0.717) is 6.42 Å². The number of carbonyl (C=O) groups excluding carboxylic acids is 1. The van der Waals surface area contributed by atoms with E-state index in [0.717, 1.165) is 6.42 Å². The molecule has 0 spiro atoms. The van der Waals surface area contributed by atoms with E-state index in [2.05, 4.69) is 0 Å². The second kappa shape index (κ2) is 3.68. The molecular weight excluding hydrogens is 212 g/mol. The predicted octanol–water partition coefficient (Wildman–Crippen LogP) is 0.594. The van der Waals surface area contributed by atoms with Crippen LogP contribution in [0.5, 0.6) is 0 Å². The van der Waals surface area contributed by atoms with Crippen molar-refractivity contribution < 1.29 is 24.1 Å². The van der Waals surface area contributed by atoms with Crippen LogP contribution in [-0.4, -0.2) is 41.3 Å². The Morgan fingerprint density at radius 3 is 2.81 bits per heavy atom. The number of fused-ring (bicyclic) bond motifs is 1. The first-order valence-electron chi connectivity index (χ1n) is 5.53. The van der Waals surface area contributed by atoms with Gasteiger partial charge in [0.25, 0.3) is 6.29 Å². The summed E-state index contributed by atoms with van der Waals surface area (Å²) in [5.74, 6) is -0.508. The van der Waals surface area contributed by atoms with Gasteiger partial charge in [0.15, 0.2) is 0 Å². The lowest BCUT2D eigenvalue weighted by molar-refractivity contribution is -0.196. The van der Waals surface area contributed by atoms with Gasteiger partial charge in [0.1, 0.15) is 5.60 Å². The van der Waals surface area contributed by atoms with Crippen LogP contribution in [0.1, 0.15) is 33.6 Å². The lowest BCUT2D eigenvalue weighted by Crippen LogP contribution is -2.36. The molecule has 2 aliphatic rings. The molecule has 1 saturated heterocycles.